The highest BCUT2D eigenvalue weighted by atomic mass is 35.5. The Bertz CT molecular complexity index is 98.2. The molecule has 10 heavy (non-hydrogen) atoms. The third kappa shape index (κ3) is 26.9. The van der Waals surface area contributed by atoms with E-state index in [1.165, 1.54) is 21.1 Å². The summed E-state index contributed by atoms with van der Waals surface area (Å²) < 4.78 is 7.99. The number of carbonyl (C=O) groups excluding carboxylic acids is 2. The summed E-state index contributed by atoms with van der Waals surface area (Å²) >= 11 is 4.60. The second kappa shape index (κ2) is 8.23. The van der Waals surface area contributed by atoms with Crippen molar-refractivity contribution in [2.24, 2.45) is 0 Å². The minimum absolute atomic E-state index is 0.245. The highest BCUT2D eigenvalue weighted by Gasteiger charge is 1.80. The Morgan fingerprint density at radius 3 is 1.40 bits per heavy atom. The number of carbonyl (C=O) groups is 2. The molecule has 0 aromatic heterocycles. The van der Waals surface area contributed by atoms with Gasteiger partial charge in [-0.15, -0.1) is 0 Å². The summed E-state index contributed by atoms with van der Waals surface area (Å²) in [6, 6.07) is 0. The van der Waals surface area contributed by atoms with Gasteiger partial charge in [0.2, 0.25) is 0 Å². The van der Waals surface area contributed by atoms with Crippen LogP contribution >= 0.6 is 11.6 Å². The number of hydrogen-bond acceptors (Lipinski definition) is 4. The van der Waals surface area contributed by atoms with E-state index in [0.717, 1.165) is 0 Å². The molecule has 0 saturated carbocycles. The van der Waals surface area contributed by atoms with Crippen LogP contribution in [0.5, 0.6) is 0 Å². The second-order valence-electron chi connectivity index (χ2n) is 1.14. The van der Waals surface area contributed by atoms with Crippen molar-refractivity contribution in [3.8, 4) is 0 Å². The number of hydrogen-bond donors (Lipinski definition) is 0. The van der Waals surface area contributed by atoms with Crippen molar-refractivity contribution in [1.82, 2.24) is 0 Å². The number of ether oxygens (including phenoxy) is 2. The van der Waals surface area contributed by atoms with Gasteiger partial charge in [0.25, 0.3) is 0 Å². The molecule has 0 fully saturated rings. The van der Waals surface area contributed by atoms with Crippen LogP contribution in [0.1, 0.15) is 6.92 Å². The van der Waals surface area contributed by atoms with Gasteiger partial charge in [0.05, 0.1) is 14.2 Å². The van der Waals surface area contributed by atoms with Crippen LogP contribution in [-0.2, 0) is 14.3 Å². The van der Waals surface area contributed by atoms with E-state index >= 15 is 0 Å². The van der Waals surface area contributed by atoms with Gasteiger partial charge in [-0.05, 0) is 0 Å². The highest BCUT2D eigenvalue weighted by molar-refractivity contribution is 6.61. The maximum absolute atomic E-state index is 9.59. The maximum Gasteiger partial charge on any atom is 0.403 e. The Kier molecular flexibility index (Phi) is 9.84. The van der Waals surface area contributed by atoms with Gasteiger partial charge in [0.15, 0.2) is 0 Å². The summed E-state index contributed by atoms with van der Waals surface area (Å²) in [5.74, 6) is -0.245. The Morgan fingerprint density at radius 1 is 1.20 bits per heavy atom. The molecule has 0 saturated heterocycles. The van der Waals surface area contributed by atoms with Crippen molar-refractivity contribution in [3.63, 3.8) is 0 Å². The SMILES string of the molecule is COC(=O)Cl.COC(C)=O. The van der Waals surface area contributed by atoms with E-state index in [1.807, 2.05) is 0 Å². The van der Waals surface area contributed by atoms with Crippen LogP contribution in [0.2, 0.25) is 0 Å². The number of esters is 1. The summed E-state index contributed by atoms with van der Waals surface area (Å²) in [6.07, 6.45) is 0. The van der Waals surface area contributed by atoms with E-state index < -0.39 is 5.43 Å². The third-order valence-electron chi connectivity index (χ3n) is 0.448. The Balaban J connectivity index is 0. The summed E-state index contributed by atoms with van der Waals surface area (Å²) in [5.41, 5.74) is -0.773. The molecule has 0 unspecified atom stereocenters. The Hall–Kier alpha value is -0.770. The normalized spacial score (nSPS) is 6.80. The molecule has 4 nitrogen and oxygen atoms in total. The average Bonchev–Trinajstić information content (AvgIpc) is 1.89. The number of rotatable bonds is 0. The van der Waals surface area contributed by atoms with Gasteiger partial charge >= 0.3 is 11.4 Å². The predicted octanol–water partition coefficient (Wildman–Crippen LogP) is 1.17. The van der Waals surface area contributed by atoms with E-state index in [1.54, 1.807) is 0 Å². The van der Waals surface area contributed by atoms with Crippen molar-refractivity contribution in [3.05, 3.63) is 0 Å². The smallest absolute Gasteiger partial charge is 0.403 e. The molecule has 0 aliphatic rings. The van der Waals surface area contributed by atoms with Gasteiger partial charge in [0.1, 0.15) is 0 Å². The fraction of sp³-hybridized carbons (Fsp3) is 0.600. The van der Waals surface area contributed by atoms with Gasteiger partial charge in [0, 0.05) is 18.5 Å². The Morgan fingerprint density at radius 2 is 1.40 bits per heavy atom. The van der Waals surface area contributed by atoms with Gasteiger partial charge in [-0.3, -0.25) is 4.79 Å². The lowest BCUT2D eigenvalue weighted by Gasteiger charge is -1.80. The first-order valence-electron chi connectivity index (χ1n) is 2.32. The lowest BCUT2D eigenvalue weighted by atomic mass is 10.8. The van der Waals surface area contributed by atoms with Crippen LogP contribution in [0.3, 0.4) is 0 Å². The molecule has 0 atom stereocenters. The summed E-state index contributed by atoms with van der Waals surface area (Å²) in [6.45, 7) is 1.36. The van der Waals surface area contributed by atoms with E-state index in [-0.39, 0.29) is 5.97 Å². The first-order valence-corrected chi connectivity index (χ1v) is 2.70. The van der Waals surface area contributed by atoms with Crippen LogP contribution in [0, 0.1) is 0 Å². The molecule has 0 rings (SSSR count). The molecule has 0 spiro atoms. The van der Waals surface area contributed by atoms with Crippen molar-refractivity contribution in [2.45, 2.75) is 6.92 Å². The first-order chi connectivity index (χ1) is 4.54. The largest absolute Gasteiger partial charge is 0.469 e. The molecule has 0 bridgehead atoms. The molecule has 0 radical (unpaired) electrons. The fourth-order valence-electron chi connectivity index (χ4n) is 0. The molecule has 0 aromatic rings. The maximum atomic E-state index is 9.59. The second-order valence-corrected chi connectivity index (χ2v) is 1.45. The van der Waals surface area contributed by atoms with Crippen LogP contribution < -0.4 is 0 Å². The molecule has 0 aromatic carbocycles. The summed E-state index contributed by atoms with van der Waals surface area (Å²) in [7, 11) is 2.57. The average molecular weight is 169 g/mol. The van der Waals surface area contributed by atoms with E-state index in [9.17, 15) is 9.59 Å². The summed E-state index contributed by atoms with van der Waals surface area (Å²) in [5, 5.41) is 0. The molecule has 0 aliphatic heterocycles. The summed E-state index contributed by atoms with van der Waals surface area (Å²) in [4.78, 5) is 18.9. The third-order valence-corrected chi connectivity index (χ3v) is 0.602. The standard InChI is InChI=1S/C3H6O2.C2H3ClO2/c1-3(4)5-2;1-5-2(3)4/h1-2H3;1H3. The molecule has 5 heteroatoms. The van der Waals surface area contributed by atoms with Gasteiger partial charge in [-0.1, -0.05) is 0 Å². The molecule has 0 N–H and O–H groups in total. The minimum Gasteiger partial charge on any atom is -0.469 e. The monoisotopic (exact) mass is 168 g/mol. The number of methoxy groups -OCH3 is 2. The van der Waals surface area contributed by atoms with E-state index in [0.29, 0.717) is 0 Å². The zero-order valence-electron chi connectivity index (χ0n) is 6.01. The van der Waals surface area contributed by atoms with Crippen LogP contribution in [0.15, 0.2) is 0 Å². The van der Waals surface area contributed by atoms with Crippen LogP contribution in [-0.4, -0.2) is 25.6 Å². The Labute approximate surface area is 64.1 Å². The topological polar surface area (TPSA) is 52.6 Å². The zero-order valence-corrected chi connectivity index (χ0v) is 6.77. The minimum atomic E-state index is -0.773. The van der Waals surface area contributed by atoms with Crippen molar-refractivity contribution < 1.29 is 19.1 Å². The lowest BCUT2D eigenvalue weighted by molar-refractivity contribution is -0.137. The molecular formula is C5H9ClO4. The van der Waals surface area contributed by atoms with Crippen molar-refractivity contribution in [2.75, 3.05) is 14.2 Å². The van der Waals surface area contributed by atoms with Gasteiger partial charge in [-0.25, -0.2) is 4.79 Å². The molecule has 0 amide bonds. The number of halogens is 1. The zero-order chi connectivity index (χ0) is 8.57. The molecule has 0 aliphatic carbocycles. The van der Waals surface area contributed by atoms with E-state index in [4.69, 9.17) is 0 Å². The predicted molar refractivity (Wildman–Crippen MR) is 35.9 cm³/mol. The van der Waals surface area contributed by atoms with E-state index in [2.05, 4.69) is 21.1 Å². The molecule has 60 valence electrons. The van der Waals surface area contributed by atoms with Crippen molar-refractivity contribution >= 4 is 23.0 Å². The lowest BCUT2D eigenvalue weighted by Crippen LogP contribution is -1.88. The van der Waals surface area contributed by atoms with Crippen LogP contribution in [0.25, 0.3) is 0 Å². The first kappa shape index (κ1) is 12.0. The van der Waals surface area contributed by atoms with Crippen molar-refractivity contribution in [1.29, 1.82) is 0 Å². The fourth-order valence-corrected chi connectivity index (χ4v) is 0. The van der Waals surface area contributed by atoms with Crippen LogP contribution in [0.4, 0.5) is 4.79 Å². The van der Waals surface area contributed by atoms with Gasteiger partial charge < -0.3 is 9.47 Å². The molecule has 0 heterocycles. The molecular weight excluding hydrogens is 160 g/mol. The quantitative estimate of drug-likeness (QED) is 0.403. The van der Waals surface area contributed by atoms with Gasteiger partial charge in [-0.2, -0.15) is 0 Å². The highest BCUT2D eigenvalue weighted by Crippen LogP contribution is 1.78.